The Balaban J connectivity index is 2.09. The van der Waals surface area contributed by atoms with Crippen LogP contribution >= 0.6 is 11.3 Å². The van der Waals surface area contributed by atoms with Gasteiger partial charge < -0.3 is 0 Å². The van der Waals surface area contributed by atoms with Crippen LogP contribution in [0, 0.1) is 11.3 Å². The lowest BCUT2D eigenvalue weighted by molar-refractivity contribution is 0.744. The van der Waals surface area contributed by atoms with Gasteiger partial charge in [0.1, 0.15) is 16.5 Å². The van der Waals surface area contributed by atoms with Crippen LogP contribution in [0.15, 0.2) is 40.9 Å². The van der Waals surface area contributed by atoms with Crippen LogP contribution < -0.4 is 5.56 Å². The highest BCUT2D eigenvalue weighted by Gasteiger charge is 2.08. The van der Waals surface area contributed by atoms with Crippen LogP contribution in [0.1, 0.15) is 11.3 Å². The number of hydrogen-bond donors (Lipinski definition) is 0. The van der Waals surface area contributed by atoms with E-state index in [4.69, 9.17) is 5.26 Å². The highest BCUT2D eigenvalue weighted by atomic mass is 32.1. The molecule has 0 aliphatic carbocycles. The average Bonchev–Trinajstić information content (AvgIpc) is 2.92. The molecule has 3 heterocycles. The van der Waals surface area contributed by atoms with Crippen LogP contribution in [0.4, 0.5) is 0 Å². The average molecular weight is 268 g/mol. The van der Waals surface area contributed by atoms with Gasteiger partial charge in [-0.3, -0.25) is 9.36 Å². The van der Waals surface area contributed by atoms with Crippen LogP contribution in [0.2, 0.25) is 0 Å². The third-order valence-electron chi connectivity index (χ3n) is 2.77. The molecule has 0 radical (unpaired) electrons. The van der Waals surface area contributed by atoms with Gasteiger partial charge in [0, 0.05) is 11.8 Å². The topological polar surface area (TPSA) is 71.6 Å². The number of pyridine rings is 1. The minimum atomic E-state index is -0.0901. The molecule has 0 atom stereocenters. The van der Waals surface area contributed by atoms with Crippen LogP contribution in [-0.4, -0.2) is 14.5 Å². The summed E-state index contributed by atoms with van der Waals surface area (Å²) in [6, 6.07) is 7.38. The lowest BCUT2D eigenvalue weighted by Gasteiger charge is -2.06. The smallest absolute Gasteiger partial charge is 0.271 e. The highest BCUT2D eigenvalue weighted by Crippen LogP contribution is 2.14. The Morgan fingerprint density at radius 1 is 1.37 bits per heavy atom. The van der Waals surface area contributed by atoms with Crippen molar-refractivity contribution in [2.75, 3.05) is 0 Å². The Kier molecular flexibility index (Phi) is 2.82. The van der Waals surface area contributed by atoms with Crippen molar-refractivity contribution in [2.45, 2.75) is 6.54 Å². The Morgan fingerprint density at radius 3 is 3.11 bits per heavy atom. The standard InChI is InChI=1S/C13H8N4OS/c14-6-11-9(2-1-4-15-11)7-17-8-16-10-3-5-19-12(10)13(17)18/h1-5,8H,7H2. The first kappa shape index (κ1) is 11.6. The molecule has 0 saturated carbocycles. The minimum absolute atomic E-state index is 0.0901. The van der Waals surface area contributed by atoms with E-state index in [1.807, 2.05) is 17.5 Å². The summed E-state index contributed by atoms with van der Waals surface area (Å²) in [5.41, 5.74) is 1.66. The van der Waals surface area contributed by atoms with Crippen LogP contribution in [0.25, 0.3) is 10.2 Å². The normalized spacial score (nSPS) is 10.5. The fourth-order valence-corrected chi connectivity index (χ4v) is 2.63. The molecule has 0 bridgehead atoms. The third-order valence-corrected chi connectivity index (χ3v) is 3.67. The first-order chi connectivity index (χ1) is 9.29. The molecule has 5 nitrogen and oxygen atoms in total. The number of nitriles is 1. The molecule has 92 valence electrons. The zero-order chi connectivity index (χ0) is 13.2. The number of aromatic nitrogens is 3. The number of fused-ring (bicyclic) bond motifs is 1. The van der Waals surface area contributed by atoms with Gasteiger partial charge in [-0.15, -0.1) is 11.3 Å². The third kappa shape index (κ3) is 2.00. The van der Waals surface area contributed by atoms with E-state index in [2.05, 4.69) is 9.97 Å². The predicted octanol–water partition coefficient (Wildman–Crippen LogP) is 1.77. The van der Waals surface area contributed by atoms with E-state index in [0.29, 0.717) is 28.0 Å². The number of rotatable bonds is 2. The molecule has 0 amide bonds. The zero-order valence-corrected chi connectivity index (χ0v) is 10.6. The Labute approximate surface area is 112 Å². The van der Waals surface area contributed by atoms with Crippen molar-refractivity contribution in [1.29, 1.82) is 5.26 Å². The van der Waals surface area contributed by atoms with Crippen LogP contribution in [0.5, 0.6) is 0 Å². The van der Waals surface area contributed by atoms with E-state index in [1.54, 1.807) is 18.3 Å². The van der Waals surface area contributed by atoms with Crippen molar-refractivity contribution in [3.63, 3.8) is 0 Å². The van der Waals surface area contributed by atoms with E-state index < -0.39 is 0 Å². The molecule has 3 aromatic rings. The maximum atomic E-state index is 12.2. The van der Waals surface area contributed by atoms with Crippen molar-refractivity contribution in [3.8, 4) is 6.07 Å². The maximum absolute atomic E-state index is 12.2. The second-order valence-corrected chi connectivity index (χ2v) is 4.85. The molecule has 0 unspecified atom stereocenters. The fraction of sp³-hybridized carbons (Fsp3) is 0.0769. The van der Waals surface area contributed by atoms with Gasteiger partial charge in [-0.05, 0) is 17.5 Å². The second-order valence-electron chi connectivity index (χ2n) is 3.94. The molecule has 0 spiro atoms. The van der Waals surface area contributed by atoms with Gasteiger partial charge in [0.15, 0.2) is 0 Å². The summed E-state index contributed by atoms with van der Waals surface area (Å²) >= 11 is 1.37. The molecule has 0 fully saturated rings. The van der Waals surface area contributed by atoms with E-state index in [1.165, 1.54) is 22.2 Å². The molecular formula is C13H8N4OS. The summed E-state index contributed by atoms with van der Waals surface area (Å²) in [4.78, 5) is 20.4. The van der Waals surface area contributed by atoms with Gasteiger partial charge >= 0.3 is 0 Å². The van der Waals surface area contributed by atoms with Gasteiger partial charge in [0.2, 0.25) is 0 Å². The molecule has 19 heavy (non-hydrogen) atoms. The summed E-state index contributed by atoms with van der Waals surface area (Å²) < 4.78 is 2.13. The van der Waals surface area contributed by atoms with Crippen LogP contribution in [-0.2, 0) is 6.54 Å². The number of thiophene rings is 1. The molecule has 3 aromatic heterocycles. The molecule has 0 saturated heterocycles. The SMILES string of the molecule is N#Cc1ncccc1Cn1cnc2ccsc2c1=O. The predicted molar refractivity (Wildman–Crippen MR) is 71.9 cm³/mol. The van der Waals surface area contributed by atoms with E-state index in [9.17, 15) is 4.79 Å². The van der Waals surface area contributed by atoms with Crippen molar-refractivity contribution in [1.82, 2.24) is 14.5 Å². The molecule has 0 N–H and O–H groups in total. The summed E-state index contributed by atoms with van der Waals surface area (Å²) in [6.07, 6.45) is 3.07. The second kappa shape index (κ2) is 4.63. The van der Waals surface area contributed by atoms with Gasteiger partial charge in [-0.2, -0.15) is 5.26 Å². The molecular weight excluding hydrogens is 260 g/mol. The highest BCUT2D eigenvalue weighted by molar-refractivity contribution is 7.17. The Hall–Kier alpha value is -2.52. The largest absolute Gasteiger partial charge is 0.293 e. The summed E-state index contributed by atoms with van der Waals surface area (Å²) in [5, 5.41) is 10.8. The lowest BCUT2D eigenvalue weighted by atomic mass is 10.2. The Morgan fingerprint density at radius 2 is 2.26 bits per heavy atom. The molecule has 0 aliphatic rings. The fourth-order valence-electron chi connectivity index (χ4n) is 1.84. The number of hydrogen-bond acceptors (Lipinski definition) is 5. The van der Waals surface area contributed by atoms with Gasteiger partial charge in [0.25, 0.3) is 5.56 Å². The first-order valence-corrected chi connectivity index (χ1v) is 6.44. The zero-order valence-electron chi connectivity index (χ0n) is 9.78. The lowest BCUT2D eigenvalue weighted by Crippen LogP contribution is -2.20. The first-order valence-electron chi connectivity index (χ1n) is 5.56. The van der Waals surface area contributed by atoms with E-state index in [-0.39, 0.29) is 5.56 Å². The summed E-state index contributed by atoms with van der Waals surface area (Å²) in [5.74, 6) is 0. The van der Waals surface area contributed by atoms with Gasteiger partial charge in [-0.1, -0.05) is 6.07 Å². The van der Waals surface area contributed by atoms with Crippen molar-refractivity contribution in [2.24, 2.45) is 0 Å². The Bertz CT molecular complexity index is 843. The molecule has 0 aromatic carbocycles. The minimum Gasteiger partial charge on any atom is -0.293 e. The van der Waals surface area contributed by atoms with Crippen molar-refractivity contribution in [3.05, 3.63) is 57.7 Å². The summed E-state index contributed by atoms with van der Waals surface area (Å²) in [7, 11) is 0. The van der Waals surface area contributed by atoms with Crippen molar-refractivity contribution >= 4 is 21.6 Å². The van der Waals surface area contributed by atoms with Gasteiger partial charge in [-0.25, -0.2) is 9.97 Å². The molecule has 6 heteroatoms. The molecule has 3 rings (SSSR count). The quantitative estimate of drug-likeness (QED) is 0.710. The van der Waals surface area contributed by atoms with Crippen LogP contribution in [0.3, 0.4) is 0 Å². The van der Waals surface area contributed by atoms with E-state index in [0.717, 1.165) is 0 Å². The molecule has 0 aliphatic heterocycles. The maximum Gasteiger partial charge on any atom is 0.271 e. The van der Waals surface area contributed by atoms with Crippen molar-refractivity contribution < 1.29 is 0 Å². The monoisotopic (exact) mass is 268 g/mol. The summed E-state index contributed by atoms with van der Waals surface area (Å²) in [6.45, 7) is 0.302. The number of nitrogens with zero attached hydrogens (tertiary/aromatic N) is 4. The van der Waals surface area contributed by atoms with Gasteiger partial charge in [0.05, 0.1) is 18.4 Å². The van der Waals surface area contributed by atoms with E-state index >= 15 is 0 Å².